The highest BCUT2D eigenvalue weighted by Crippen LogP contribution is 2.37. The lowest BCUT2D eigenvalue weighted by atomic mass is 9.82. The first-order chi connectivity index (χ1) is 11.5. The zero-order valence-electron chi connectivity index (χ0n) is 13.7. The van der Waals surface area contributed by atoms with Gasteiger partial charge in [-0.15, -0.1) is 0 Å². The summed E-state index contributed by atoms with van der Waals surface area (Å²) in [6, 6.07) is 13.2. The van der Waals surface area contributed by atoms with Gasteiger partial charge in [-0.3, -0.25) is 4.79 Å². The van der Waals surface area contributed by atoms with Crippen molar-refractivity contribution in [1.29, 1.82) is 0 Å². The van der Waals surface area contributed by atoms with Gasteiger partial charge in [-0.1, -0.05) is 29.8 Å². The summed E-state index contributed by atoms with van der Waals surface area (Å²) in [7, 11) is 0. The van der Waals surface area contributed by atoms with Crippen molar-refractivity contribution in [2.24, 2.45) is 16.5 Å². The molecule has 0 spiro atoms. The van der Waals surface area contributed by atoms with E-state index in [9.17, 15) is 4.79 Å². The van der Waals surface area contributed by atoms with Crippen molar-refractivity contribution in [2.45, 2.75) is 32.1 Å². The molecule has 2 aromatic carbocycles. The Kier molecular flexibility index (Phi) is 4.51. The minimum Gasteiger partial charge on any atom is -0.426 e. The maximum Gasteiger partial charge on any atom is 0.318 e. The van der Waals surface area contributed by atoms with Gasteiger partial charge in [0.05, 0.1) is 11.6 Å². The van der Waals surface area contributed by atoms with E-state index >= 15 is 0 Å². The number of carbonyl (C=O) groups is 1. The quantitative estimate of drug-likeness (QED) is 0.393. The van der Waals surface area contributed by atoms with Gasteiger partial charge in [0, 0.05) is 0 Å². The van der Waals surface area contributed by atoms with E-state index in [-0.39, 0.29) is 17.8 Å². The molecule has 1 unspecified atom stereocenters. The number of fused-ring (bicyclic) bond motifs is 1. The maximum absolute atomic E-state index is 12.6. The molecular weight excluding hydrogens is 302 g/mol. The van der Waals surface area contributed by atoms with Gasteiger partial charge in [0.1, 0.15) is 5.75 Å². The van der Waals surface area contributed by atoms with Crippen LogP contribution < -0.4 is 16.2 Å². The summed E-state index contributed by atoms with van der Waals surface area (Å²) in [6.45, 7) is 1.99. The highest BCUT2D eigenvalue weighted by molar-refractivity contribution is 5.83. The van der Waals surface area contributed by atoms with Gasteiger partial charge >= 0.3 is 5.97 Å². The second-order valence-corrected chi connectivity index (χ2v) is 6.06. The van der Waals surface area contributed by atoms with Crippen LogP contribution in [0.4, 0.5) is 5.69 Å². The van der Waals surface area contributed by atoms with Gasteiger partial charge in [0.25, 0.3) is 0 Å². The molecular formula is C19H21N3O2. The van der Waals surface area contributed by atoms with E-state index in [0.29, 0.717) is 5.75 Å². The Balaban J connectivity index is 1.87. The molecule has 4 N–H and O–H groups in total. The largest absolute Gasteiger partial charge is 0.426 e. The first-order valence-corrected chi connectivity index (χ1v) is 8.04. The third kappa shape index (κ3) is 3.40. The molecule has 1 atom stereocenters. The van der Waals surface area contributed by atoms with E-state index in [4.69, 9.17) is 16.2 Å². The first-order valence-electron chi connectivity index (χ1n) is 8.04. The maximum atomic E-state index is 12.6. The van der Waals surface area contributed by atoms with E-state index in [1.54, 1.807) is 0 Å². The third-order valence-corrected chi connectivity index (χ3v) is 4.26. The fourth-order valence-electron chi connectivity index (χ4n) is 3.11. The lowest BCUT2D eigenvalue weighted by molar-refractivity contribution is -0.136. The number of hydrogen-bond donors (Lipinski definition) is 2. The predicted molar refractivity (Wildman–Crippen MR) is 94.4 cm³/mol. The van der Waals surface area contributed by atoms with Crippen LogP contribution in [-0.4, -0.2) is 11.9 Å². The number of guanidine groups is 1. The number of ether oxygens (including phenoxy) is 1. The highest BCUT2D eigenvalue weighted by atomic mass is 16.5. The van der Waals surface area contributed by atoms with Crippen molar-refractivity contribution >= 4 is 17.6 Å². The standard InChI is InChI=1S/C19H21N3O2/c1-12-8-10-13(11-9-12)24-18(23)16-6-2-5-15-14(16)4-3-7-17(15)22-19(20)21/h3-4,7-11,16H,2,5-6H2,1H3,(H4,20,21,22). The van der Waals surface area contributed by atoms with Gasteiger partial charge < -0.3 is 16.2 Å². The van der Waals surface area contributed by atoms with Crippen molar-refractivity contribution in [2.75, 3.05) is 0 Å². The smallest absolute Gasteiger partial charge is 0.318 e. The average Bonchev–Trinajstić information content (AvgIpc) is 2.56. The van der Waals surface area contributed by atoms with Gasteiger partial charge in [0.2, 0.25) is 0 Å². The second-order valence-electron chi connectivity index (χ2n) is 6.06. The molecule has 5 nitrogen and oxygen atoms in total. The molecule has 0 aliphatic heterocycles. The Morgan fingerprint density at radius 1 is 1.17 bits per heavy atom. The lowest BCUT2D eigenvalue weighted by Gasteiger charge is -2.25. The molecule has 24 heavy (non-hydrogen) atoms. The molecule has 1 aliphatic rings. The molecule has 3 rings (SSSR count). The molecule has 0 aromatic heterocycles. The summed E-state index contributed by atoms with van der Waals surface area (Å²) < 4.78 is 5.56. The number of rotatable bonds is 3. The van der Waals surface area contributed by atoms with Crippen LogP contribution in [0.25, 0.3) is 0 Å². The minimum absolute atomic E-state index is 0.0211. The number of nitrogens with zero attached hydrogens (tertiary/aromatic N) is 1. The molecule has 0 saturated heterocycles. The Morgan fingerprint density at radius 2 is 1.92 bits per heavy atom. The number of esters is 1. The summed E-state index contributed by atoms with van der Waals surface area (Å²) in [5, 5.41) is 0. The van der Waals surface area contributed by atoms with Gasteiger partial charge in [0.15, 0.2) is 5.96 Å². The zero-order chi connectivity index (χ0) is 17.1. The number of carbonyl (C=O) groups excluding carboxylic acids is 1. The second kappa shape index (κ2) is 6.74. The first kappa shape index (κ1) is 16.1. The summed E-state index contributed by atoms with van der Waals surface area (Å²) in [5.41, 5.74) is 14.9. The van der Waals surface area contributed by atoms with Crippen LogP contribution in [-0.2, 0) is 11.2 Å². The summed E-state index contributed by atoms with van der Waals surface area (Å²) >= 11 is 0. The van der Waals surface area contributed by atoms with E-state index in [2.05, 4.69) is 4.99 Å². The van der Waals surface area contributed by atoms with E-state index in [0.717, 1.165) is 41.6 Å². The van der Waals surface area contributed by atoms with Gasteiger partial charge in [-0.25, -0.2) is 4.99 Å². The Hall–Kier alpha value is -2.82. The van der Waals surface area contributed by atoms with Crippen molar-refractivity contribution in [3.05, 3.63) is 59.2 Å². The topological polar surface area (TPSA) is 90.7 Å². The average molecular weight is 323 g/mol. The van der Waals surface area contributed by atoms with Crippen LogP contribution in [0.3, 0.4) is 0 Å². The normalized spacial score (nSPS) is 16.1. The van der Waals surface area contributed by atoms with Gasteiger partial charge in [-0.2, -0.15) is 0 Å². The van der Waals surface area contributed by atoms with Crippen molar-refractivity contribution < 1.29 is 9.53 Å². The molecule has 0 saturated carbocycles. The molecule has 5 heteroatoms. The number of aryl methyl sites for hydroxylation is 1. The predicted octanol–water partition coefficient (Wildman–Crippen LogP) is 2.93. The Bertz CT molecular complexity index is 778. The summed E-state index contributed by atoms with van der Waals surface area (Å²) in [4.78, 5) is 16.8. The van der Waals surface area contributed by atoms with E-state index in [1.165, 1.54) is 0 Å². The summed E-state index contributed by atoms with van der Waals surface area (Å²) in [5.74, 6) is 0.0664. The molecule has 0 heterocycles. The van der Waals surface area contributed by atoms with E-state index < -0.39 is 0 Å². The molecule has 1 aliphatic carbocycles. The SMILES string of the molecule is Cc1ccc(OC(=O)C2CCCc3c(N=C(N)N)cccc32)cc1. The molecule has 2 aromatic rings. The molecule has 0 amide bonds. The van der Waals surface area contributed by atoms with Crippen LogP contribution in [0.5, 0.6) is 5.75 Å². The fourth-order valence-corrected chi connectivity index (χ4v) is 3.11. The van der Waals surface area contributed by atoms with Crippen LogP contribution in [0.2, 0.25) is 0 Å². The van der Waals surface area contributed by atoms with Crippen LogP contribution >= 0.6 is 0 Å². The van der Waals surface area contributed by atoms with E-state index in [1.807, 2.05) is 49.4 Å². The molecule has 0 bridgehead atoms. The fraction of sp³-hybridized carbons (Fsp3) is 0.263. The Labute approximate surface area is 141 Å². The summed E-state index contributed by atoms with van der Waals surface area (Å²) in [6.07, 6.45) is 2.53. The highest BCUT2D eigenvalue weighted by Gasteiger charge is 2.29. The molecule has 0 radical (unpaired) electrons. The van der Waals surface area contributed by atoms with Crippen LogP contribution in [0, 0.1) is 6.92 Å². The van der Waals surface area contributed by atoms with Crippen LogP contribution in [0.15, 0.2) is 47.5 Å². The van der Waals surface area contributed by atoms with Crippen molar-refractivity contribution in [1.82, 2.24) is 0 Å². The van der Waals surface area contributed by atoms with Crippen LogP contribution in [0.1, 0.15) is 35.4 Å². The molecule has 0 fully saturated rings. The minimum atomic E-state index is -0.288. The molecule has 124 valence electrons. The number of benzene rings is 2. The number of hydrogen-bond acceptors (Lipinski definition) is 3. The lowest BCUT2D eigenvalue weighted by Crippen LogP contribution is -2.24. The van der Waals surface area contributed by atoms with Crippen molar-refractivity contribution in [3.8, 4) is 5.75 Å². The monoisotopic (exact) mass is 323 g/mol. The zero-order valence-corrected chi connectivity index (χ0v) is 13.7. The Morgan fingerprint density at radius 3 is 2.62 bits per heavy atom. The number of aliphatic imine (C=N–C) groups is 1. The van der Waals surface area contributed by atoms with Gasteiger partial charge in [-0.05, 0) is 55.5 Å². The number of nitrogens with two attached hydrogens (primary N) is 2. The van der Waals surface area contributed by atoms with Crippen molar-refractivity contribution in [3.63, 3.8) is 0 Å². The third-order valence-electron chi connectivity index (χ3n) is 4.26.